The van der Waals surface area contributed by atoms with Crippen LogP contribution in [-0.2, 0) is 20.1 Å². The fraction of sp³-hybridized carbons (Fsp3) is 0.455. The van der Waals surface area contributed by atoms with E-state index < -0.39 is 41.0 Å². The Kier molecular flexibility index (Phi) is 8.71. The summed E-state index contributed by atoms with van der Waals surface area (Å²) in [5.41, 5.74) is 0.899. The van der Waals surface area contributed by atoms with Crippen molar-refractivity contribution in [2.24, 2.45) is 5.92 Å². The van der Waals surface area contributed by atoms with Crippen LogP contribution in [0.2, 0.25) is 0 Å². The number of rotatable bonds is 8. The van der Waals surface area contributed by atoms with Gasteiger partial charge < -0.3 is 19.4 Å². The molecule has 0 saturated carbocycles. The second-order valence-corrected chi connectivity index (χ2v) is 13.6. The molecule has 0 aliphatic carbocycles. The van der Waals surface area contributed by atoms with Gasteiger partial charge in [-0.2, -0.15) is 11.8 Å². The highest BCUT2D eigenvalue weighted by molar-refractivity contribution is 7.99. The van der Waals surface area contributed by atoms with Crippen LogP contribution < -0.4 is 20.5 Å². The lowest BCUT2D eigenvalue weighted by Gasteiger charge is -2.34. The van der Waals surface area contributed by atoms with Crippen LogP contribution >= 0.6 is 11.8 Å². The summed E-state index contributed by atoms with van der Waals surface area (Å²) < 4.78 is 26.4. The quantitative estimate of drug-likeness (QED) is 0.344. The van der Waals surface area contributed by atoms with Crippen LogP contribution in [0.1, 0.15) is 65.1 Å². The van der Waals surface area contributed by atoms with E-state index in [0.29, 0.717) is 48.0 Å². The number of anilines is 1. The summed E-state index contributed by atoms with van der Waals surface area (Å²) in [6.45, 7) is 2.99. The monoisotopic (exact) mass is 663 g/mol. The van der Waals surface area contributed by atoms with E-state index in [-0.39, 0.29) is 40.8 Å². The van der Waals surface area contributed by atoms with E-state index in [2.05, 4.69) is 20.2 Å². The summed E-state index contributed by atoms with van der Waals surface area (Å²) in [5, 5.41) is 2.56. The minimum absolute atomic E-state index is 0.0595. The second-order valence-electron chi connectivity index (χ2n) is 12.3. The first-order valence-electron chi connectivity index (χ1n) is 15.9. The molecule has 0 spiro atoms. The number of nitrogens with one attached hydrogen (secondary N) is 2. The van der Waals surface area contributed by atoms with Crippen molar-refractivity contribution < 1.29 is 33.0 Å². The predicted molar refractivity (Wildman–Crippen MR) is 171 cm³/mol. The Morgan fingerprint density at radius 1 is 1.00 bits per heavy atom. The van der Waals surface area contributed by atoms with E-state index in [1.54, 1.807) is 36.0 Å². The van der Waals surface area contributed by atoms with Crippen molar-refractivity contribution in [3.05, 3.63) is 63.5 Å². The van der Waals surface area contributed by atoms with Gasteiger partial charge in [-0.25, -0.2) is 9.37 Å². The van der Waals surface area contributed by atoms with Gasteiger partial charge in [0.05, 0.1) is 34.7 Å². The topological polar surface area (TPSA) is 151 Å². The number of hydrogen-bond acceptors (Lipinski definition) is 10. The fourth-order valence-electron chi connectivity index (χ4n) is 6.75. The number of carbonyl (C=O) groups excluding carboxylic acids is 4. The number of fused-ring (bicyclic) bond motifs is 2. The van der Waals surface area contributed by atoms with Gasteiger partial charge in [0.15, 0.2) is 0 Å². The summed E-state index contributed by atoms with van der Waals surface area (Å²) in [7, 11) is 0. The Morgan fingerprint density at radius 3 is 2.55 bits per heavy atom. The highest BCUT2D eigenvalue weighted by atomic mass is 32.2. The molecule has 7 rings (SSSR count). The third-order valence-electron chi connectivity index (χ3n) is 9.29. The second kappa shape index (κ2) is 13.1. The lowest BCUT2D eigenvalue weighted by molar-refractivity contribution is -0.136. The first kappa shape index (κ1) is 31.3. The predicted octanol–water partition coefficient (Wildman–Crippen LogP) is 3.17. The van der Waals surface area contributed by atoms with E-state index in [0.717, 1.165) is 43.8 Å². The molecule has 0 bridgehead atoms. The van der Waals surface area contributed by atoms with Crippen LogP contribution in [0.25, 0.3) is 10.9 Å². The van der Waals surface area contributed by atoms with E-state index >= 15 is 4.39 Å². The number of aromatic nitrogens is 2. The Morgan fingerprint density at radius 2 is 1.79 bits per heavy atom. The number of ether oxygens (including phenoxy) is 2. The molecular weight excluding hydrogens is 629 g/mol. The number of aromatic amines is 1. The van der Waals surface area contributed by atoms with Crippen molar-refractivity contribution >= 4 is 52.0 Å². The van der Waals surface area contributed by atoms with Crippen LogP contribution in [0.15, 0.2) is 35.1 Å². The number of imide groups is 2. The summed E-state index contributed by atoms with van der Waals surface area (Å²) >= 11 is 1.71. The maximum atomic E-state index is 15.0. The SMILES string of the molecule is O=C1CCC(N2C(=O)c3cccc(N4CCC(COc5cc(F)c6c(=O)[nH]c(CSC7CCOCC7)nc6c5)CC4)c3C2=O)C(=O)N1. The zero-order chi connectivity index (χ0) is 32.7. The van der Waals surface area contributed by atoms with Gasteiger partial charge in [-0.05, 0) is 50.2 Å². The molecule has 4 amide bonds. The van der Waals surface area contributed by atoms with Gasteiger partial charge in [0.25, 0.3) is 17.4 Å². The molecule has 2 aromatic carbocycles. The van der Waals surface area contributed by atoms with Gasteiger partial charge in [-0.3, -0.25) is 34.2 Å². The Bertz CT molecular complexity index is 1820. The van der Waals surface area contributed by atoms with Gasteiger partial charge in [0.2, 0.25) is 11.8 Å². The molecule has 1 atom stereocenters. The van der Waals surface area contributed by atoms with Crippen molar-refractivity contribution in [2.75, 3.05) is 37.8 Å². The molecule has 5 heterocycles. The Balaban J connectivity index is 0.989. The van der Waals surface area contributed by atoms with Crippen molar-refractivity contribution in [2.45, 2.75) is 55.6 Å². The van der Waals surface area contributed by atoms with Gasteiger partial charge in [-0.15, -0.1) is 0 Å². The average Bonchev–Trinajstić information content (AvgIpc) is 3.32. The molecule has 3 fully saturated rings. The van der Waals surface area contributed by atoms with Crippen LogP contribution in [0.5, 0.6) is 5.75 Å². The molecule has 12 nitrogen and oxygen atoms in total. The minimum atomic E-state index is -1.02. The van der Waals surface area contributed by atoms with E-state index in [1.165, 1.54) is 6.07 Å². The maximum absolute atomic E-state index is 15.0. The Labute approximate surface area is 273 Å². The first-order valence-corrected chi connectivity index (χ1v) is 17.0. The summed E-state index contributed by atoms with van der Waals surface area (Å²) in [4.78, 5) is 73.8. The molecule has 3 saturated heterocycles. The Hall–Kier alpha value is -4.30. The van der Waals surface area contributed by atoms with Crippen molar-refractivity contribution in [1.29, 1.82) is 0 Å². The number of H-pyrrole nitrogens is 1. The maximum Gasteiger partial charge on any atom is 0.264 e. The number of amides is 4. The summed E-state index contributed by atoms with van der Waals surface area (Å²) in [6.07, 6.45) is 3.50. The molecule has 4 aliphatic heterocycles. The number of nitrogens with zero attached hydrogens (tertiary/aromatic N) is 3. The molecular formula is C33H34FN5O7S. The minimum Gasteiger partial charge on any atom is -0.493 e. The lowest BCUT2D eigenvalue weighted by Crippen LogP contribution is -2.54. The molecule has 14 heteroatoms. The third-order valence-corrected chi connectivity index (χ3v) is 10.7. The smallest absolute Gasteiger partial charge is 0.264 e. The van der Waals surface area contributed by atoms with Crippen molar-refractivity contribution in [3.63, 3.8) is 0 Å². The molecule has 2 N–H and O–H groups in total. The summed E-state index contributed by atoms with van der Waals surface area (Å²) in [5.74, 6) is -1.35. The first-order chi connectivity index (χ1) is 22.8. The molecule has 47 heavy (non-hydrogen) atoms. The zero-order valence-electron chi connectivity index (χ0n) is 25.6. The van der Waals surface area contributed by atoms with Crippen LogP contribution in [0, 0.1) is 11.7 Å². The lowest BCUT2D eigenvalue weighted by atomic mass is 9.96. The molecule has 4 aliphatic rings. The number of carbonyl (C=O) groups is 4. The normalized spacial score (nSPS) is 21.0. The highest BCUT2D eigenvalue weighted by Gasteiger charge is 2.46. The van der Waals surface area contributed by atoms with Crippen molar-refractivity contribution in [3.8, 4) is 5.75 Å². The van der Waals surface area contributed by atoms with Gasteiger partial charge in [0, 0.05) is 50.1 Å². The van der Waals surface area contributed by atoms with Gasteiger partial charge in [-0.1, -0.05) is 6.07 Å². The number of halogens is 1. The molecule has 0 radical (unpaired) electrons. The molecule has 1 unspecified atom stereocenters. The van der Waals surface area contributed by atoms with Crippen LogP contribution in [0.4, 0.5) is 10.1 Å². The number of benzene rings is 2. The van der Waals surface area contributed by atoms with Gasteiger partial charge in [0.1, 0.15) is 28.8 Å². The van der Waals surface area contributed by atoms with E-state index in [9.17, 15) is 24.0 Å². The standard InChI is InChI=1S/C33H34FN5O7S/c34-22-14-19(15-23-29(22)31(42)36-26(35-23)17-47-20-8-12-45-13-9-20)46-16-18-6-10-38(11-7-18)24-3-1-2-21-28(24)33(44)39(32(21)43)25-4-5-27(40)37-30(25)41/h1-3,14-15,18,20,25H,4-13,16-17H2,(H,35,36,42)(H,37,40,41). The van der Waals surface area contributed by atoms with E-state index in [4.69, 9.17) is 9.47 Å². The van der Waals surface area contributed by atoms with Crippen molar-refractivity contribution in [1.82, 2.24) is 20.2 Å². The fourth-order valence-corrected chi connectivity index (χ4v) is 7.81. The third kappa shape index (κ3) is 6.23. The van der Waals surface area contributed by atoms with Crippen LogP contribution in [0.3, 0.4) is 0 Å². The number of thioether (sulfide) groups is 1. The number of piperidine rings is 2. The molecule has 1 aromatic heterocycles. The molecule has 246 valence electrons. The molecule has 3 aromatic rings. The number of hydrogen-bond donors (Lipinski definition) is 2. The highest BCUT2D eigenvalue weighted by Crippen LogP contribution is 2.36. The largest absolute Gasteiger partial charge is 0.493 e. The van der Waals surface area contributed by atoms with E-state index in [1.807, 2.05) is 0 Å². The van der Waals surface area contributed by atoms with Crippen LogP contribution in [-0.4, -0.2) is 82.7 Å². The zero-order valence-corrected chi connectivity index (χ0v) is 26.4. The summed E-state index contributed by atoms with van der Waals surface area (Å²) in [6, 6.07) is 6.92. The van der Waals surface area contributed by atoms with Gasteiger partial charge >= 0.3 is 0 Å². The average molecular weight is 664 g/mol.